The molecule has 1 unspecified atom stereocenters. The molecule has 3 nitrogen and oxygen atoms in total. The predicted octanol–water partition coefficient (Wildman–Crippen LogP) is 2.82. The Morgan fingerprint density at radius 3 is 2.38 bits per heavy atom. The maximum atomic E-state index is 9.86. The van der Waals surface area contributed by atoms with E-state index in [0.29, 0.717) is 12.6 Å². The van der Waals surface area contributed by atoms with Gasteiger partial charge in [0.25, 0.3) is 0 Å². The third kappa shape index (κ3) is 4.80. The molecule has 1 saturated carbocycles. The van der Waals surface area contributed by atoms with Gasteiger partial charge in [0.15, 0.2) is 0 Å². The summed E-state index contributed by atoms with van der Waals surface area (Å²) in [7, 11) is 4.22. The molecule has 1 aliphatic carbocycles. The first-order chi connectivity index (χ1) is 10.2. The van der Waals surface area contributed by atoms with Gasteiger partial charge in [0.2, 0.25) is 0 Å². The Kier molecular flexibility index (Phi) is 6.22. The molecular weight excluding hydrogens is 260 g/mol. The number of likely N-dealkylation sites (N-methyl/N-ethyl adjacent to an activating group) is 1. The van der Waals surface area contributed by atoms with Crippen molar-refractivity contribution in [3.05, 3.63) is 35.9 Å². The molecule has 1 atom stereocenters. The van der Waals surface area contributed by atoms with E-state index < -0.39 is 0 Å². The summed E-state index contributed by atoms with van der Waals surface area (Å²) in [5, 5.41) is 13.6. The van der Waals surface area contributed by atoms with Crippen molar-refractivity contribution in [3.8, 4) is 0 Å². The molecule has 2 N–H and O–H groups in total. The molecule has 0 aromatic heterocycles. The van der Waals surface area contributed by atoms with Crippen LogP contribution in [0.25, 0.3) is 0 Å². The first-order valence-corrected chi connectivity index (χ1v) is 8.19. The largest absolute Gasteiger partial charge is 0.396 e. The smallest absolute Gasteiger partial charge is 0.0499 e. The summed E-state index contributed by atoms with van der Waals surface area (Å²) in [6.07, 6.45) is 6.14. The van der Waals surface area contributed by atoms with E-state index in [-0.39, 0.29) is 5.41 Å². The highest BCUT2D eigenvalue weighted by molar-refractivity contribution is 5.19. The van der Waals surface area contributed by atoms with Crippen molar-refractivity contribution in [2.24, 2.45) is 5.41 Å². The maximum absolute atomic E-state index is 9.86. The van der Waals surface area contributed by atoms with Gasteiger partial charge < -0.3 is 15.3 Å². The van der Waals surface area contributed by atoms with Gasteiger partial charge in [-0.25, -0.2) is 0 Å². The molecule has 2 rings (SSSR count). The van der Waals surface area contributed by atoms with E-state index in [1.54, 1.807) is 0 Å². The van der Waals surface area contributed by atoms with Crippen LogP contribution in [-0.4, -0.2) is 43.8 Å². The molecular formula is C18H30N2O. The number of nitrogens with one attached hydrogen (secondary N) is 1. The molecule has 1 aliphatic rings. The van der Waals surface area contributed by atoms with Gasteiger partial charge in [-0.2, -0.15) is 0 Å². The fraction of sp³-hybridized carbons (Fsp3) is 0.667. The molecule has 0 aliphatic heterocycles. The number of benzene rings is 1. The lowest BCUT2D eigenvalue weighted by Crippen LogP contribution is -2.42. The molecule has 1 aromatic carbocycles. The predicted molar refractivity (Wildman–Crippen MR) is 88.3 cm³/mol. The molecule has 0 bridgehead atoms. The Balaban J connectivity index is 2.01. The van der Waals surface area contributed by atoms with Gasteiger partial charge in [-0.15, -0.1) is 0 Å². The molecule has 0 spiro atoms. The normalized spacial score (nSPS) is 19.6. The lowest BCUT2D eigenvalue weighted by atomic mass is 9.74. The van der Waals surface area contributed by atoms with Crippen molar-refractivity contribution in [2.45, 2.75) is 38.1 Å². The zero-order chi connectivity index (χ0) is 15.1. The van der Waals surface area contributed by atoms with Gasteiger partial charge in [0.05, 0.1) is 0 Å². The molecule has 0 saturated heterocycles. The van der Waals surface area contributed by atoms with Crippen LogP contribution in [0.1, 0.15) is 43.7 Å². The number of rotatable bonds is 7. The van der Waals surface area contributed by atoms with Crippen LogP contribution in [-0.2, 0) is 0 Å². The second-order valence-corrected chi connectivity index (χ2v) is 6.83. The standard InChI is InChI=1S/C18H30N2O/c1-20(2)13-17(16-9-5-3-6-10-16)19-14-18(15-21)11-7-4-8-12-18/h3,5-6,9-10,17,19,21H,4,7-8,11-15H2,1-2H3. The second kappa shape index (κ2) is 7.92. The van der Waals surface area contributed by atoms with E-state index in [2.05, 4.69) is 54.6 Å². The third-order valence-corrected chi connectivity index (χ3v) is 4.72. The summed E-state index contributed by atoms with van der Waals surface area (Å²) in [6.45, 7) is 2.20. The van der Waals surface area contributed by atoms with E-state index in [0.717, 1.165) is 25.9 Å². The SMILES string of the molecule is CN(C)CC(NCC1(CO)CCCCC1)c1ccccc1. The summed E-state index contributed by atoms with van der Waals surface area (Å²) in [5.41, 5.74) is 1.42. The van der Waals surface area contributed by atoms with Gasteiger partial charge in [-0.1, -0.05) is 49.6 Å². The van der Waals surface area contributed by atoms with Gasteiger partial charge in [0, 0.05) is 31.2 Å². The average molecular weight is 290 g/mol. The number of aliphatic hydroxyl groups excluding tert-OH is 1. The fourth-order valence-corrected chi connectivity index (χ4v) is 3.37. The number of nitrogens with zero attached hydrogens (tertiary/aromatic N) is 1. The molecule has 1 fully saturated rings. The van der Waals surface area contributed by atoms with E-state index in [9.17, 15) is 5.11 Å². The minimum atomic E-state index is 0.0948. The minimum Gasteiger partial charge on any atom is -0.396 e. The van der Waals surface area contributed by atoms with E-state index in [4.69, 9.17) is 0 Å². The number of hydrogen-bond donors (Lipinski definition) is 2. The quantitative estimate of drug-likeness (QED) is 0.810. The van der Waals surface area contributed by atoms with E-state index in [1.165, 1.54) is 24.8 Å². The Morgan fingerprint density at radius 1 is 1.14 bits per heavy atom. The van der Waals surface area contributed by atoms with Crippen molar-refractivity contribution in [2.75, 3.05) is 33.8 Å². The zero-order valence-electron chi connectivity index (χ0n) is 13.5. The number of hydrogen-bond acceptors (Lipinski definition) is 3. The Bertz CT molecular complexity index is 399. The zero-order valence-corrected chi connectivity index (χ0v) is 13.5. The Hall–Kier alpha value is -0.900. The topological polar surface area (TPSA) is 35.5 Å². The van der Waals surface area contributed by atoms with Crippen LogP contribution in [0, 0.1) is 5.41 Å². The first kappa shape index (κ1) is 16.5. The van der Waals surface area contributed by atoms with E-state index >= 15 is 0 Å². The highest BCUT2D eigenvalue weighted by Crippen LogP contribution is 2.35. The van der Waals surface area contributed by atoms with Gasteiger partial charge >= 0.3 is 0 Å². The molecule has 0 heterocycles. The fourth-order valence-electron chi connectivity index (χ4n) is 3.37. The summed E-state index contributed by atoms with van der Waals surface area (Å²) in [6, 6.07) is 11.0. The Morgan fingerprint density at radius 2 is 1.81 bits per heavy atom. The summed E-state index contributed by atoms with van der Waals surface area (Å²) in [4.78, 5) is 2.22. The molecule has 0 radical (unpaired) electrons. The van der Waals surface area contributed by atoms with Crippen molar-refractivity contribution in [1.29, 1.82) is 0 Å². The molecule has 118 valence electrons. The van der Waals surface area contributed by atoms with Crippen molar-refractivity contribution in [1.82, 2.24) is 10.2 Å². The van der Waals surface area contributed by atoms with Crippen LogP contribution >= 0.6 is 0 Å². The monoisotopic (exact) mass is 290 g/mol. The highest BCUT2D eigenvalue weighted by atomic mass is 16.3. The van der Waals surface area contributed by atoms with Crippen molar-refractivity contribution in [3.63, 3.8) is 0 Å². The lowest BCUT2D eigenvalue weighted by Gasteiger charge is -2.37. The molecule has 21 heavy (non-hydrogen) atoms. The molecule has 3 heteroatoms. The minimum absolute atomic E-state index is 0.0948. The van der Waals surface area contributed by atoms with Crippen LogP contribution in [0.5, 0.6) is 0 Å². The van der Waals surface area contributed by atoms with Gasteiger partial charge in [-0.05, 0) is 32.5 Å². The summed E-state index contributed by atoms with van der Waals surface area (Å²) >= 11 is 0. The van der Waals surface area contributed by atoms with Crippen LogP contribution < -0.4 is 5.32 Å². The van der Waals surface area contributed by atoms with E-state index in [1.807, 2.05) is 0 Å². The molecule has 1 aromatic rings. The number of aliphatic hydroxyl groups is 1. The van der Waals surface area contributed by atoms with Crippen molar-refractivity contribution >= 4 is 0 Å². The summed E-state index contributed by atoms with van der Waals surface area (Å²) in [5.74, 6) is 0. The van der Waals surface area contributed by atoms with Crippen LogP contribution in [0.3, 0.4) is 0 Å². The first-order valence-electron chi connectivity index (χ1n) is 8.19. The summed E-state index contributed by atoms with van der Waals surface area (Å²) < 4.78 is 0. The molecule has 0 amide bonds. The van der Waals surface area contributed by atoms with Gasteiger partial charge in [0.1, 0.15) is 0 Å². The average Bonchev–Trinajstić information content (AvgIpc) is 2.53. The highest BCUT2D eigenvalue weighted by Gasteiger charge is 2.31. The maximum Gasteiger partial charge on any atom is 0.0499 e. The lowest BCUT2D eigenvalue weighted by molar-refractivity contribution is 0.0770. The Labute approximate surface area is 129 Å². The van der Waals surface area contributed by atoms with Crippen LogP contribution in [0.15, 0.2) is 30.3 Å². The third-order valence-electron chi connectivity index (χ3n) is 4.72. The second-order valence-electron chi connectivity index (χ2n) is 6.83. The van der Waals surface area contributed by atoms with Gasteiger partial charge in [-0.3, -0.25) is 0 Å². The van der Waals surface area contributed by atoms with Crippen molar-refractivity contribution < 1.29 is 5.11 Å². The van der Waals surface area contributed by atoms with Crippen LogP contribution in [0.2, 0.25) is 0 Å². The van der Waals surface area contributed by atoms with Crippen LogP contribution in [0.4, 0.5) is 0 Å².